The second kappa shape index (κ2) is 7.91. The molecule has 3 aliphatic rings. The molecule has 5 nitrogen and oxygen atoms in total. The molecule has 2 saturated heterocycles. The van der Waals surface area contributed by atoms with E-state index in [2.05, 4.69) is 29.2 Å². The summed E-state index contributed by atoms with van der Waals surface area (Å²) in [5.41, 5.74) is 4.11. The summed E-state index contributed by atoms with van der Waals surface area (Å²) in [6.07, 6.45) is 1.71. The minimum atomic E-state index is -1.37. The standard InChI is InChI=1S/C28H27FN2O3/c1-17-10-13-25(29)26(30-17)28(33)14-18-11-12-19(15-28)31(18)27(32)34-16-24-22-8-4-2-6-20(22)21-7-3-5-9-23(21)24/h2-10,13,18-19,24,33H,11-12,14-16H2,1H3. The van der Waals surface area contributed by atoms with Crippen molar-refractivity contribution in [2.45, 2.75) is 56.2 Å². The highest BCUT2D eigenvalue weighted by Gasteiger charge is 2.52. The van der Waals surface area contributed by atoms with Crippen molar-refractivity contribution in [2.24, 2.45) is 0 Å². The third-order valence-electron chi connectivity index (χ3n) is 7.74. The molecule has 0 spiro atoms. The molecule has 1 aromatic heterocycles. The first-order valence-electron chi connectivity index (χ1n) is 11.9. The van der Waals surface area contributed by atoms with Crippen molar-refractivity contribution in [3.05, 3.63) is 89.0 Å². The zero-order chi connectivity index (χ0) is 23.4. The van der Waals surface area contributed by atoms with Crippen molar-refractivity contribution in [3.63, 3.8) is 0 Å². The van der Waals surface area contributed by atoms with E-state index in [9.17, 15) is 14.3 Å². The summed E-state index contributed by atoms with van der Waals surface area (Å²) in [7, 11) is 0. The summed E-state index contributed by atoms with van der Waals surface area (Å²) in [4.78, 5) is 19.3. The number of carbonyl (C=O) groups excluding carboxylic acids is 1. The maximum absolute atomic E-state index is 14.5. The molecule has 6 heteroatoms. The number of piperidine rings is 1. The summed E-state index contributed by atoms with van der Waals surface area (Å²) < 4.78 is 20.4. The van der Waals surface area contributed by atoms with Gasteiger partial charge in [-0.1, -0.05) is 48.5 Å². The van der Waals surface area contributed by atoms with E-state index in [1.54, 1.807) is 17.9 Å². The number of aryl methyl sites for hydroxylation is 1. The molecule has 174 valence electrons. The quantitative estimate of drug-likeness (QED) is 0.579. The number of benzene rings is 2. The molecule has 1 amide bonds. The summed E-state index contributed by atoms with van der Waals surface area (Å²) >= 11 is 0. The van der Waals surface area contributed by atoms with Gasteiger partial charge in [0.05, 0.1) is 0 Å². The first kappa shape index (κ1) is 21.3. The molecule has 34 heavy (non-hydrogen) atoms. The zero-order valence-electron chi connectivity index (χ0n) is 19.1. The number of carbonyl (C=O) groups is 1. The number of hydrogen-bond donors (Lipinski definition) is 1. The van der Waals surface area contributed by atoms with Crippen LogP contribution in [0.4, 0.5) is 9.18 Å². The molecule has 2 fully saturated rings. The Labute approximate surface area is 198 Å². The number of aliphatic hydroxyl groups is 1. The number of aromatic nitrogens is 1. The Morgan fingerprint density at radius 1 is 1.03 bits per heavy atom. The number of nitrogens with zero attached hydrogens (tertiary/aromatic N) is 2. The van der Waals surface area contributed by atoms with E-state index in [0.717, 1.165) is 12.8 Å². The summed E-state index contributed by atoms with van der Waals surface area (Å²) in [6.45, 7) is 2.05. The van der Waals surface area contributed by atoms with Crippen LogP contribution in [-0.4, -0.2) is 39.8 Å². The number of amides is 1. The average Bonchev–Trinajstić information content (AvgIpc) is 3.31. The van der Waals surface area contributed by atoms with Gasteiger partial charge in [-0.3, -0.25) is 4.98 Å². The highest BCUT2D eigenvalue weighted by Crippen LogP contribution is 2.47. The Hall–Kier alpha value is -3.25. The normalized spacial score (nSPS) is 25.2. The second-order valence-corrected chi connectivity index (χ2v) is 9.82. The highest BCUT2D eigenvalue weighted by atomic mass is 19.1. The van der Waals surface area contributed by atoms with E-state index in [-0.39, 0.29) is 49.2 Å². The number of hydrogen-bond acceptors (Lipinski definition) is 4. The number of fused-ring (bicyclic) bond motifs is 5. The lowest BCUT2D eigenvalue weighted by Crippen LogP contribution is -2.52. The Bertz CT molecular complexity index is 1220. The van der Waals surface area contributed by atoms with E-state index in [1.165, 1.54) is 28.3 Å². The number of rotatable bonds is 3. The first-order chi connectivity index (χ1) is 16.4. The fraction of sp³-hybridized carbons (Fsp3) is 0.357. The van der Waals surface area contributed by atoms with Crippen molar-refractivity contribution in [2.75, 3.05) is 6.61 Å². The molecular formula is C28H27FN2O3. The molecule has 1 N–H and O–H groups in total. The van der Waals surface area contributed by atoms with Gasteiger partial charge in [-0.05, 0) is 54.2 Å². The molecule has 2 bridgehead atoms. The van der Waals surface area contributed by atoms with Gasteiger partial charge < -0.3 is 14.7 Å². The van der Waals surface area contributed by atoms with Crippen molar-refractivity contribution in [3.8, 4) is 11.1 Å². The van der Waals surface area contributed by atoms with Crippen LogP contribution in [0.15, 0.2) is 60.7 Å². The Morgan fingerprint density at radius 2 is 1.62 bits per heavy atom. The lowest BCUT2D eigenvalue weighted by Gasteiger charge is -2.43. The summed E-state index contributed by atoms with van der Waals surface area (Å²) in [5, 5.41) is 11.4. The van der Waals surface area contributed by atoms with Gasteiger partial charge in [-0.25, -0.2) is 9.18 Å². The van der Waals surface area contributed by atoms with Crippen LogP contribution in [0, 0.1) is 12.7 Å². The molecule has 0 radical (unpaired) electrons. The Kier molecular flexibility index (Phi) is 4.96. The van der Waals surface area contributed by atoms with Gasteiger partial charge in [0.1, 0.15) is 23.7 Å². The molecular weight excluding hydrogens is 431 g/mol. The van der Waals surface area contributed by atoms with E-state index >= 15 is 0 Å². The van der Waals surface area contributed by atoms with Crippen molar-refractivity contribution >= 4 is 6.09 Å². The van der Waals surface area contributed by atoms with Gasteiger partial charge in [0.2, 0.25) is 0 Å². The monoisotopic (exact) mass is 458 g/mol. The third kappa shape index (κ3) is 3.31. The molecule has 0 saturated carbocycles. The van der Waals surface area contributed by atoms with E-state index in [0.29, 0.717) is 5.69 Å². The van der Waals surface area contributed by atoms with E-state index in [1.807, 2.05) is 24.3 Å². The maximum Gasteiger partial charge on any atom is 0.410 e. The van der Waals surface area contributed by atoms with Crippen LogP contribution in [0.5, 0.6) is 0 Å². The lowest BCUT2D eigenvalue weighted by molar-refractivity contribution is -0.0581. The Balaban J connectivity index is 1.20. The molecule has 2 aliphatic heterocycles. The Morgan fingerprint density at radius 3 is 2.24 bits per heavy atom. The number of pyridine rings is 1. The van der Waals surface area contributed by atoms with Gasteiger partial charge in [0.25, 0.3) is 0 Å². The first-order valence-corrected chi connectivity index (χ1v) is 11.9. The van der Waals surface area contributed by atoms with Crippen LogP contribution in [0.3, 0.4) is 0 Å². The molecule has 1 aliphatic carbocycles. The molecule has 3 aromatic rings. The maximum atomic E-state index is 14.5. The molecule has 2 aromatic carbocycles. The van der Waals surface area contributed by atoms with Crippen LogP contribution in [0.25, 0.3) is 11.1 Å². The van der Waals surface area contributed by atoms with Crippen molar-refractivity contribution < 1.29 is 19.0 Å². The fourth-order valence-electron chi connectivity index (χ4n) is 6.25. The summed E-state index contributed by atoms with van der Waals surface area (Å²) in [6, 6.07) is 19.1. The van der Waals surface area contributed by atoms with Crippen LogP contribution in [-0.2, 0) is 10.3 Å². The molecule has 6 rings (SSSR count). The van der Waals surface area contributed by atoms with Crippen LogP contribution in [0.2, 0.25) is 0 Å². The second-order valence-electron chi connectivity index (χ2n) is 9.82. The minimum absolute atomic E-state index is 0.00122. The van der Waals surface area contributed by atoms with Crippen LogP contribution >= 0.6 is 0 Å². The molecule has 2 atom stereocenters. The topological polar surface area (TPSA) is 62.7 Å². The van der Waals surface area contributed by atoms with Gasteiger partial charge in [0.15, 0.2) is 0 Å². The predicted molar refractivity (Wildman–Crippen MR) is 126 cm³/mol. The smallest absolute Gasteiger partial charge is 0.410 e. The van der Waals surface area contributed by atoms with E-state index < -0.39 is 11.4 Å². The zero-order valence-corrected chi connectivity index (χ0v) is 19.1. The predicted octanol–water partition coefficient (Wildman–Crippen LogP) is 5.29. The number of halogens is 1. The van der Waals surface area contributed by atoms with Crippen LogP contribution < -0.4 is 0 Å². The van der Waals surface area contributed by atoms with Gasteiger partial charge in [0, 0.05) is 36.5 Å². The largest absolute Gasteiger partial charge is 0.448 e. The van der Waals surface area contributed by atoms with E-state index in [4.69, 9.17) is 4.74 Å². The van der Waals surface area contributed by atoms with Gasteiger partial charge in [-0.15, -0.1) is 0 Å². The SMILES string of the molecule is Cc1ccc(F)c(C2(O)CC3CCC(C2)N3C(=O)OCC2c3ccccc3-c3ccccc32)n1. The van der Waals surface area contributed by atoms with Crippen molar-refractivity contribution in [1.29, 1.82) is 0 Å². The molecule has 2 unspecified atom stereocenters. The third-order valence-corrected chi connectivity index (χ3v) is 7.74. The summed E-state index contributed by atoms with van der Waals surface area (Å²) in [5.74, 6) is -0.497. The fourth-order valence-corrected chi connectivity index (χ4v) is 6.25. The number of ether oxygens (including phenoxy) is 1. The average molecular weight is 459 g/mol. The van der Waals surface area contributed by atoms with Gasteiger partial charge in [-0.2, -0.15) is 0 Å². The van der Waals surface area contributed by atoms with Gasteiger partial charge >= 0.3 is 6.09 Å². The van der Waals surface area contributed by atoms with Crippen LogP contribution in [0.1, 0.15) is 54.1 Å². The minimum Gasteiger partial charge on any atom is -0.448 e. The highest BCUT2D eigenvalue weighted by molar-refractivity contribution is 5.79. The van der Waals surface area contributed by atoms with Crippen molar-refractivity contribution in [1.82, 2.24) is 9.88 Å². The lowest BCUT2D eigenvalue weighted by atomic mass is 9.83. The molecule has 3 heterocycles.